The van der Waals surface area contributed by atoms with Crippen LogP contribution in [0.25, 0.3) is 0 Å². The van der Waals surface area contributed by atoms with Gasteiger partial charge in [0, 0.05) is 13.1 Å². The summed E-state index contributed by atoms with van der Waals surface area (Å²) in [5.74, 6) is 3.32. The number of rotatable bonds is 3. The van der Waals surface area contributed by atoms with Gasteiger partial charge in [0.1, 0.15) is 5.69 Å². The average Bonchev–Trinajstić information content (AvgIpc) is 2.85. The summed E-state index contributed by atoms with van der Waals surface area (Å²) in [6.07, 6.45) is 5.88. The van der Waals surface area contributed by atoms with Crippen LogP contribution in [0.1, 0.15) is 29.8 Å². The Labute approximate surface area is 113 Å². The van der Waals surface area contributed by atoms with Crippen LogP contribution in [-0.4, -0.2) is 24.0 Å². The molecule has 1 amide bonds. The molecule has 3 aliphatic carbocycles. The van der Waals surface area contributed by atoms with E-state index in [2.05, 4.69) is 15.6 Å². The van der Waals surface area contributed by atoms with Crippen LogP contribution in [-0.2, 0) is 0 Å². The Bertz CT molecular complexity index is 497. The molecule has 1 heterocycles. The van der Waals surface area contributed by atoms with Gasteiger partial charge in [-0.05, 0) is 55.1 Å². The number of amides is 1. The number of hydrogen-bond acceptors (Lipinski definition) is 3. The quantitative estimate of drug-likeness (QED) is 0.869. The third-order valence-corrected chi connectivity index (χ3v) is 5.32. The fourth-order valence-corrected chi connectivity index (χ4v) is 4.42. The topological polar surface area (TPSA) is 54.0 Å². The van der Waals surface area contributed by atoms with Crippen LogP contribution in [0, 0.1) is 23.7 Å². The lowest BCUT2D eigenvalue weighted by Gasteiger charge is -2.10. The van der Waals surface area contributed by atoms with Gasteiger partial charge in [-0.25, -0.2) is 4.98 Å². The summed E-state index contributed by atoms with van der Waals surface area (Å²) in [6, 6.07) is 4.11. The van der Waals surface area contributed by atoms with Crippen LogP contribution in [0.4, 0.5) is 5.69 Å². The van der Waals surface area contributed by atoms with Gasteiger partial charge in [-0.1, -0.05) is 0 Å². The van der Waals surface area contributed by atoms with Crippen LogP contribution in [0.3, 0.4) is 0 Å². The van der Waals surface area contributed by atoms with Crippen molar-refractivity contribution in [3.05, 3.63) is 24.0 Å². The van der Waals surface area contributed by atoms with Crippen molar-refractivity contribution in [3.8, 4) is 0 Å². The molecule has 4 rings (SSSR count). The Morgan fingerprint density at radius 2 is 2.00 bits per heavy atom. The zero-order chi connectivity index (χ0) is 13.0. The molecule has 2 N–H and O–H groups in total. The number of fused-ring (bicyclic) bond motifs is 5. The normalized spacial score (nSPS) is 37.8. The molecule has 0 spiro atoms. The van der Waals surface area contributed by atoms with E-state index in [0.717, 1.165) is 29.4 Å². The molecule has 2 bridgehead atoms. The van der Waals surface area contributed by atoms with E-state index in [0.29, 0.717) is 11.7 Å². The van der Waals surface area contributed by atoms with E-state index in [4.69, 9.17) is 0 Å². The van der Waals surface area contributed by atoms with Gasteiger partial charge in [-0.15, -0.1) is 0 Å². The van der Waals surface area contributed by atoms with E-state index in [1.807, 2.05) is 13.1 Å². The Balaban J connectivity index is 1.42. The highest BCUT2D eigenvalue weighted by Crippen LogP contribution is 2.65. The summed E-state index contributed by atoms with van der Waals surface area (Å²) in [5.41, 5.74) is 1.45. The Hall–Kier alpha value is -1.58. The van der Waals surface area contributed by atoms with E-state index in [9.17, 15) is 4.79 Å². The van der Waals surface area contributed by atoms with Gasteiger partial charge in [-0.3, -0.25) is 4.79 Å². The van der Waals surface area contributed by atoms with Crippen LogP contribution in [0.2, 0.25) is 0 Å². The second-order valence-electron chi connectivity index (χ2n) is 6.17. The standard InChI is InChI=1S/C15H19N3O/c1-16-10-4-5-11(17-7-10)15(19)18-14-12-8-2-3-9(6-8)13(12)14/h4-5,7-9,12-14,16H,2-3,6H2,1H3,(H,18,19). The molecule has 0 aliphatic heterocycles. The minimum atomic E-state index is -0.0125. The molecule has 1 aromatic rings. The van der Waals surface area contributed by atoms with Crippen molar-refractivity contribution >= 4 is 11.6 Å². The first-order valence-electron chi connectivity index (χ1n) is 7.22. The molecule has 3 fully saturated rings. The largest absolute Gasteiger partial charge is 0.387 e. The average molecular weight is 257 g/mol. The van der Waals surface area contributed by atoms with Gasteiger partial charge in [0.05, 0.1) is 11.9 Å². The highest BCUT2D eigenvalue weighted by molar-refractivity contribution is 5.93. The number of aromatic nitrogens is 1. The predicted molar refractivity (Wildman–Crippen MR) is 72.8 cm³/mol. The lowest BCUT2D eigenvalue weighted by Crippen LogP contribution is -2.30. The lowest BCUT2D eigenvalue weighted by atomic mass is 10.0. The number of carbonyl (C=O) groups excluding carboxylic acids is 1. The van der Waals surface area contributed by atoms with Gasteiger partial charge in [-0.2, -0.15) is 0 Å². The maximum Gasteiger partial charge on any atom is 0.270 e. The van der Waals surface area contributed by atoms with E-state index < -0.39 is 0 Å². The Morgan fingerprint density at radius 1 is 1.26 bits per heavy atom. The Kier molecular flexibility index (Phi) is 2.34. The van der Waals surface area contributed by atoms with Crippen molar-refractivity contribution in [2.75, 3.05) is 12.4 Å². The maximum absolute atomic E-state index is 12.2. The molecule has 4 atom stereocenters. The van der Waals surface area contributed by atoms with Crippen molar-refractivity contribution in [2.24, 2.45) is 23.7 Å². The minimum Gasteiger partial charge on any atom is -0.387 e. The van der Waals surface area contributed by atoms with E-state index in [-0.39, 0.29) is 5.91 Å². The molecule has 4 heteroatoms. The summed E-state index contributed by atoms with van der Waals surface area (Å²) in [7, 11) is 1.85. The number of nitrogens with zero attached hydrogens (tertiary/aromatic N) is 1. The van der Waals surface area contributed by atoms with Crippen molar-refractivity contribution in [1.82, 2.24) is 10.3 Å². The molecule has 1 aromatic heterocycles. The summed E-state index contributed by atoms with van der Waals surface area (Å²) in [4.78, 5) is 16.4. The second kappa shape index (κ2) is 3.95. The fraction of sp³-hybridized carbons (Fsp3) is 0.600. The van der Waals surface area contributed by atoms with E-state index in [1.54, 1.807) is 12.3 Å². The van der Waals surface area contributed by atoms with E-state index in [1.165, 1.54) is 19.3 Å². The van der Waals surface area contributed by atoms with Crippen LogP contribution in [0.15, 0.2) is 18.3 Å². The molecule has 100 valence electrons. The highest BCUT2D eigenvalue weighted by Gasteiger charge is 2.65. The fourth-order valence-electron chi connectivity index (χ4n) is 4.42. The molecular weight excluding hydrogens is 238 g/mol. The molecular formula is C15H19N3O. The minimum absolute atomic E-state index is 0.0125. The molecule has 4 nitrogen and oxygen atoms in total. The zero-order valence-corrected chi connectivity index (χ0v) is 11.1. The first kappa shape index (κ1) is 11.3. The molecule has 3 aliphatic rings. The van der Waals surface area contributed by atoms with Crippen molar-refractivity contribution in [1.29, 1.82) is 0 Å². The van der Waals surface area contributed by atoms with Gasteiger partial charge in [0.25, 0.3) is 5.91 Å². The summed E-state index contributed by atoms with van der Waals surface area (Å²) in [6.45, 7) is 0. The first-order valence-corrected chi connectivity index (χ1v) is 7.22. The van der Waals surface area contributed by atoms with Gasteiger partial charge >= 0.3 is 0 Å². The van der Waals surface area contributed by atoms with Crippen molar-refractivity contribution < 1.29 is 4.79 Å². The number of pyridine rings is 1. The molecule has 4 unspecified atom stereocenters. The van der Waals surface area contributed by atoms with Gasteiger partial charge in [0.15, 0.2) is 0 Å². The van der Waals surface area contributed by atoms with Gasteiger partial charge < -0.3 is 10.6 Å². The smallest absolute Gasteiger partial charge is 0.270 e. The molecule has 19 heavy (non-hydrogen) atoms. The summed E-state index contributed by atoms with van der Waals surface area (Å²) >= 11 is 0. The Morgan fingerprint density at radius 3 is 2.58 bits per heavy atom. The number of nitrogens with one attached hydrogen (secondary N) is 2. The third kappa shape index (κ3) is 1.66. The van der Waals surface area contributed by atoms with Gasteiger partial charge in [0.2, 0.25) is 0 Å². The predicted octanol–water partition coefficient (Wildman–Crippen LogP) is 1.90. The third-order valence-electron chi connectivity index (χ3n) is 5.32. The lowest BCUT2D eigenvalue weighted by molar-refractivity contribution is 0.0939. The maximum atomic E-state index is 12.2. The monoisotopic (exact) mass is 257 g/mol. The first-order chi connectivity index (χ1) is 9.28. The second-order valence-corrected chi connectivity index (χ2v) is 6.17. The molecule has 0 saturated heterocycles. The van der Waals surface area contributed by atoms with Crippen LogP contribution in [0.5, 0.6) is 0 Å². The van der Waals surface area contributed by atoms with Crippen molar-refractivity contribution in [2.45, 2.75) is 25.3 Å². The zero-order valence-electron chi connectivity index (χ0n) is 11.1. The SMILES string of the molecule is CNc1ccc(C(=O)NC2C3C4CCC(C4)C23)nc1. The van der Waals surface area contributed by atoms with E-state index >= 15 is 0 Å². The molecule has 3 saturated carbocycles. The molecule has 0 aromatic carbocycles. The highest BCUT2D eigenvalue weighted by atomic mass is 16.2. The number of carbonyl (C=O) groups is 1. The summed E-state index contributed by atoms with van der Waals surface area (Å²) in [5, 5.41) is 6.19. The molecule has 0 radical (unpaired) electrons. The number of hydrogen-bond donors (Lipinski definition) is 2. The summed E-state index contributed by atoms with van der Waals surface area (Å²) < 4.78 is 0. The van der Waals surface area contributed by atoms with Crippen LogP contribution < -0.4 is 10.6 Å². The number of anilines is 1. The van der Waals surface area contributed by atoms with Crippen molar-refractivity contribution in [3.63, 3.8) is 0 Å². The van der Waals surface area contributed by atoms with Crippen LogP contribution >= 0.6 is 0 Å².